The van der Waals surface area contributed by atoms with Crippen LogP contribution in [0.15, 0.2) is 48.5 Å². The fourth-order valence-electron chi connectivity index (χ4n) is 3.79. The van der Waals surface area contributed by atoms with Gasteiger partial charge in [0.1, 0.15) is 0 Å². The molecule has 0 amide bonds. The molecule has 118 valence electrons. The van der Waals surface area contributed by atoms with Gasteiger partial charge in [0.2, 0.25) is 0 Å². The van der Waals surface area contributed by atoms with Crippen molar-refractivity contribution < 1.29 is 0 Å². The summed E-state index contributed by atoms with van der Waals surface area (Å²) in [6.07, 6.45) is 3.34. The number of aromatic nitrogens is 1. The molecule has 1 aliphatic rings. The maximum atomic E-state index is 3.54. The van der Waals surface area contributed by atoms with E-state index in [0.29, 0.717) is 0 Å². The van der Waals surface area contributed by atoms with E-state index in [2.05, 4.69) is 65.3 Å². The molecule has 2 nitrogen and oxygen atoms in total. The lowest BCUT2D eigenvalue weighted by Crippen LogP contribution is -2.24. The molecule has 0 aliphatic carbocycles. The Kier molecular flexibility index (Phi) is 3.92. The number of fused-ring (bicyclic) bond motifs is 3. The SMILES string of the molecule is CCc1ccc2c(c1)c1c(n2CCc2ccccc2)CCNC1. The number of rotatable bonds is 4. The Morgan fingerprint density at radius 3 is 2.74 bits per heavy atom. The highest BCUT2D eigenvalue weighted by Crippen LogP contribution is 2.30. The highest BCUT2D eigenvalue weighted by Gasteiger charge is 2.19. The normalized spacial score (nSPS) is 14.1. The maximum Gasteiger partial charge on any atom is 0.0486 e. The van der Waals surface area contributed by atoms with Crippen molar-refractivity contribution in [3.8, 4) is 0 Å². The van der Waals surface area contributed by atoms with Gasteiger partial charge >= 0.3 is 0 Å². The van der Waals surface area contributed by atoms with Gasteiger partial charge in [0.05, 0.1) is 0 Å². The Morgan fingerprint density at radius 1 is 1.04 bits per heavy atom. The van der Waals surface area contributed by atoms with Crippen molar-refractivity contribution in [3.05, 3.63) is 70.9 Å². The molecule has 3 aromatic rings. The first-order valence-electron chi connectivity index (χ1n) is 8.74. The molecule has 4 rings (SSSR count). The Balaban J connectivity index is 1.75. The average Bonchev–Trinajstić information content (AvgIpc) is 2.94. The number of aryl methyl sites for hydroxylation is 3. The van der Waals surface area contributed by atoms with Crippen molar-refractivity contribution >= 4 is 10.9 Å². The van der Waals surface area contributed by atoms with Gasteiger partial charge in [-0.15, -0.1) is 0 Å². The average molecular weight is 304 g/mol. The second-order valence-corrected chi connectivity index (χ2v) is 6.44. The summed E-state index contributed by atoms with van der Waals surface area (Å²) in [5.41, 5.74) is 7.33. The Labute approximate surface area is 138 Å². The molecule has 0 saturated heterocycles. The molecule has 23 heavy (non-hydrogen) atoms. The highest BCUT2D eigenvalue weighted by molar-refractivity contribution is 5.86. The van der Waals surface area contributed by atoms with Crippen LogP contribution < -0.4 is 5.32 Å². The standard InChI is InChI=1S/C21H24N2/c1-2-16-8-9-20-18(14-16)19-15-22-12-10-21(19)23(20)13-11-17-6-4-3-5-7-17/h3-9,14,22H,2,10-13,15H2,1H3. The van der Waals surface area contributed by atoms with E-state index in [1.807, 2.05) is 0 Å². The first kappa shape index (κ1) is 14.5. The summed E-state index contributed by atoms with van der Waals surface area (Å²) in [6.45, 7) is 5.41. The molecule has 2 heterocycles. The van der Waals surface area contributed by atoms with Crippen LogP contribution in [0.1, 0.15) is 29.3 Å². The zero-order chi connectivity index (χ0) is 15.6. The number of hydrogen-bond acceptors (Lipinski definition) is 1. The monoisotopic (exact) mass is 304 g/mol. The van der Waals surface area contributed by atoms with Crippen molar-refractivity contribution in [2.24, 2.45) is 0 Å². The summed E-state index contributed by atoms with van der Waals surface area (Å²) in [4.78, 5) is 0. The highest BCUT2D eigenvalue weighted by atomic mass is 15.0. The third-order valence-corrected chi connectivity index (χ3v) is 5.07. The van der Waals surface area contributed by atoms with E-state index in [-0.39, 0.29) is 0 Å². The van der Waals surface area contributed by atoms with Crippen LogP contribution in [0.5, 0.6) is 0 Å². The van der Waals surface area contributed by atoms with E-state index in [9.17, 15) is 0 Å². The van der Waals surface area contributed by atoms with Crippen LogP contribution in [0.4, 0.5) is 0 Å². The lowest BCUT2D eigenvalue weighted by molar-refractivity contribution is 0.594. The molecule has 0 unspecified atom stereocenters. The second-order valence-electron chi connectivity index (χ2n) is 6.44. The molecule has 1 aromatic heterocycles. The van der Waals surface area contributed by atoms with Crippen molar-refractivity contribution in [2.75, 3.05) is 6.54 Å². The molecule has 0 bridgehead atoms. The smallest absolute Gasteiger partial charge is 0.0486 e. The van der Waals surface area contributed by atoms with Crippen molar-refractivity contribution in [1.82, 2.24) is 9.88 Å². The Hall–Kier alpha value is -2.06. The lowest BCUT2D eigenvalue weighted by atomic mass is 10.0. The van der Waals surface area contributed by atoms with E-state index in [1.54, 1.807) is 5.69 Å². The van der Waals surface area contributed by atoms with Gasteiger partial charge in [-0.05, 0) is 41.7 Å². The van der Waals surface area contributed by atoms with Gasteiger partial charge in [-0.25, -0.2) is 0 Å². The lowest BCUT2D eigenvalue weighted by Gasteiger charge is -2.17. The van der Waals surface area contributed by atoms with Gasteiger partial charge in [-0.1, -0.05) is 43.3 Å². The molecule has 1 N–H and O–H groups in total. The van der Waals surface area contributed by atoms with E-state index in [4.69, 9.17) is 0 Å². The summed E-state index contributed by atoms with van der Waals surface area (Å²) < 4.78 is 2.57. The third-order valence-electron chi connectivity index (χ3n) is 5.07. The molecule has 2 heteroatoms. The first-order chi connectivity index (χ1) is 11.4. The fourth-order valence-corrected chi connectivity index (χ4v) is 3.79. The summed E-state index contributed by atoms with van der Waals surface area (Å²) in [5, 5.41) is 5.00. The number of hydrogen-bond donors (Lipinski definition) is 1. The van der Waals surface area contributed by atoms with Crippen LogP contribution in [0.3, 0.4) is 0 Å². The van der Waals surface area contributed by atoms with E-state index >= 15 is 0 Å². The van der Waals surface area contributed by atoms with Crippen molar-refractivity contribution in [2.45, 2.75) is 39.3 Å². The van der Waals surface area contributed by atoms with Gasteiger partial charge in [0.25, 0.3) is 0 Å². The zero-order valence-corrected chi connectivity index (χ0v) is 13.8. The van der Waals surface area contributed by atoms with Crippen molar-refractivity contribution in [3.63, 3.8) is 0 Å². The van der Waals surface area contributed by atoms with Crippen LogP contribution in [0.2, 0.25) is 0 Å². The number of nitrogens with zero attached hydrogens (tertiary/aromatic N) is 1. The molecule has 0 radical (unpaired) electrons. The number of nitrogens with one attached hydrogen (secondary N) is 1. The maximum absolute atomic E-state index is 3.54. The van der Waals surface area contributed by atoms with Gasteiger partial charge < -0.3 is 9.88 Å². The Morgan fingerprint density at radius 2 is 1.91 bits per heavy atom. The number of benzene rings is 2. The van der Waals surface area contributed by atoms with E-state index in [1.165, 1.54) is 27.6 Å². The predicted octanol–water partition coefficient (Wildman–Crippen LogP) is 4.09. The fraction of sp³-hybridized carbons (Fsp3) is 0.333. The van der Waals surface area contributed by atoms with E-state index in [0.717, 1.165) is 38.9 Å². The van der Waals surface area contributed by atoms with Gasteiger partial charge in [-0.2, -0.15) is 0 Å². The summed E-state index contributed by atoms with van der Waals surface area (Å²) in [7, 11) is 0. The van der Waals surface area contributed by atoms with E-state index < -0.39 is 0 Å². The van der Waals surface area contributed by atoms with Crippen LogP contribution in [-0.4, -0.2) is 11.1 Å². The quantitative estimate of drug-likeness (QED) is 0.768. The largest absolute Gasteiger partial charge is 0.344 e. The van der Waals surface area contributed by atoms with Crippen LogP contribution in [0, 0.1) is 0 Å². The van der Waals surface area contributed by atoms with Crippen LogP contribution in [0.25, 0.3) is 10.9 Å². The van der Waals surface area contributed by atoms with Gasteiger partial charge in [0.15, 0.2) is 0 Å². The summed E-state index contributed by atoms with van der Waals surface area (Å²) in [5.74, 6) is 0. The Bertz CT molecular complexity index is 815. The van der Waals surface area contributed by atoms with Gasteiger partial charge in [-0.3, -0.25) is 0 Å². The van der Waals surface area contributed by atoms with Gasteiger partial charge in [0, 0.05) is 42.7 Å². The molecule has 1 aliphatic heterocycles. The molecule has 2 aromatic carbocycles. The predicted molar refractivity (Wildman–Crippen MR) is 96.9 cm³/mol. The molecule has 0 saturated carbocycles. The zero-order valence-electron chi connectivity index (χ0n) is 13.8. The van der Waals surface area contributed by atoms with Crippen LogP contribution >= 0.6 is 0 Å². The minimum Gasteiger partial charge on any atom is -0.344 e. The molecular formula is C21H24N2. The minimum atomic E-state index is 1.01. The molecule has 0 atom stereocenters. The minimum absolute atomic E-state index is 1.01. The molecular weight excluding hydrogens is 280 g/mol. The van der Waals surface area contributed by atoms with Crippen molar-refractivity contribution in [1.29, 1.82) is 0 Å². The summed E-state index contributed by atoms with van der Waals surface area (Å²) in [6, 6.07) is 17.8. The first-order valence-corrected chi connectivity index (χ1v) is 8.74. The second kappa shape index (κ2) is 6.21. The molecule has 0 spiro atoms. The topological polar surface area (TPSA) is 17.0 Å². The summed E-state index contributed by atoms with van der Waals surface area (Å²) >= 11 is 0. The molecule has 0 fully saturated rings. The van der Waals surface area contributed by atoms with Crippen LogP contribution in [-0.2, 0) is 32.4 Å². The third kappa shape index (κ3) is 2.68.